The van der Waals surface area contributed by atoms with Gasteiger partial charge in [-0.1, -0.05) is 6.07 Å². The number of aryl methyl sites for hydroxylation is 1. The summed E-state index contributed by atoms with van der Waals surface area (Å²) in [6.45, 7) is 3.72. The number of methoxy groups -OCH3 is 2. The first-order chi connectivity index (χ1) is 13.9. The molecule has 1 saturated heterocycles. The van der Waals surface area contributed by atoms with Gasteiger partial charge in [0.05, 0.1) is 26.7 Å². The second kappa shape index (κ2) is 9.31. The summed E-state index contributed by atoms with van der Waals surface area (Å²) in [5, 5.41) is 2.04. The van der Waals surface area contributed by atoms with Gasteiger partial charge in [-0.3, -0.25) is 9.59 Å². The molecule has 0 radical (unpaired) electrons. The van der Waals surface area contributed by atoms with E-state index in [4.69, 9.17) is 9.47 Å². The molecule has 2 heterocycles. The minimum Gasteiger partial charge on any atom is -0.493 e. The zero-order valence-corrected chi connectivity index (χ0v) is 18.3. The highest BCUT2D eigenvalue weighted by Gasteiger charge is 2.35. The summed E-state index contributed by atoms with van der Waals surface area (Å²) >= 11 is 1.66. The van der Waals surface area contributed by atoms with Gasteiger partial charge in [0.25, 0.3) is 0 Å². The Labute approximate surface area is 176 Å². The van der Waals surface area contributed by atoms with Gasteiger partial charge in [0.1, 0.15) is 0 Å². The SMILES string of the molecule is COc1ccc(CCN2CC(C(=O)N(C)Cc3sccc3C)CC2=O)cc1OC. The van der Waals surface area contributed by atoms with Crippen molar-refractivity contribution in [2.24, 2.45) is 5.92 Å². The van der Waals surface area contributed by atoms with Crippen molar-refractivity contribution < 1.29 is 19.1 Å². The third-order valence-corrected chi connectivity index (χ3v) is 6.42. The normalized spacial score (nSPS) is 16.2. The molecule has 0 aliphatic carbocycles. The van der Waals surface area contributed by atoms with E-state index in [9.17, 15) is 9.59 Å². The first kappa shape index (κ1) is 21.2. The van der Waals surface area contributed by atoms with E-state index in [-0.39, 0.29) is 17.7 Å². The van der Waals surface area contributed by atoms with E-state index in [1.165, 1.54) is 10.4 Å². The molecule has 0 spiro atoms. The molecule has 6 nitrogen and oxygen atoms in total. The van der Waals surface area contributed by atoms with Gasteiger partial charge in [-0.25, -0.2) is 0 Å². The van der Waals surface area contributed by atoms with Crippen LogP contribution in [0.5, 0.6) is 11.5 Å². The molecule has 0 bridgehead atoms. The maximum absolute atomic E-state index is 12.8. The molecule has 1 aromatic heterocycles. The van der Waals surface area contributed by atoms with Gasteiger partial charge in [-0.05, 0) is 48.1 Å². The molecule has 1 aliphatic heterocycles. The van der Waals surface area contributed by atoms with Crippen molar-refractivity contribution in [3.63, 3.8) is 0 Å². The fourth-order valence-electron chi connectivity index (χ4n) is 3.62. The van der Waals surface area contributed by atoms with E-state index >= 15 is 0 Å². The standard InChI is InChI=1S/C22H28N2O4S/c1-15-8-10-29-20(15)14-23(2)22(26)17-12-21(25)24(13-17)9-7-16-5-6-18(27-3)19(11-16)28-4/h5-6,8,10-11,17H,7,9,12-14H2,1-4H3. The number of carbonyl (C=O) groups excluding carboxylic acids is 2. The average Bonchev–Trinajstić information content (AvgIpc) is 3.30. The summed E-state index contributed by atoms with van der Waals surface area (Å²) in [5.41, 5.74) is 2.27. The van der Waals surface area contributed by atoms with Gasteiger partial charge >= 0.3 is 0 Å². The molecule has 1 atom stereocenters. The molecule has 29 heavy (non-hydrogen) atoms. The van der Waals surface area contributed by atoms with Gasteiger partial charge in [0.2, 0.25) is 11.8 Å². The number of carbonyl (C=O) groups is 2. The first-order valence-corrected chi connectivity index (χ1v) is 10.6. The summed E-state index contributed by atoms with van der Waals surface area (Å²) in [6, 6.07) is 7.84. The number of likely N-dealkylation sites (tertiary alicyclic amines) is 1. The molecule has 1 aliphatic rings. The van der Waals surface area contributed by atoms with Gasteiger partial charge in [-0.2, -0.15) is 0 Å². The number of amides is 2. The number of nitrogens with zero attached hydrogens (tertiary/aromatic N) is 2. The summed E-state index contributed by atoms with van der Waals surface area (Å²) < 4.78 is 10.6. The molecule has 2 amide bonds. The lowest BCUT2D eigenvalue weighted by Gasteiger charge is -2.21. The van der Waals surface area contributed by atoms with Crippen molar-refractivity contribution >= 4 is 23.2 Å². The van der Waals surface area contributed by atoms with Crippen molar-refractivity contribution in [1.29, 1.82) is 0 Å². The van der Waals surface area contributed by atoms with Crippen LogP contribution in [0.1, 0.15) is 22.4 Å². The topological polar surface area (TPSA) is 59.1 Å². The van der Waals surface area contributed by atoms with Crippen LogP contribution in [0.4, 0.5) is 0 Å². The van der Waals surface area contributed by atoms with Crippen molar-refractivity contribution in [2.45, 2.75) is 26.3 Å². The number of hydrogen-bond donors (Lipinski definition) is 0. The zero-order valence-electron chi connectivity index (χ0n) is 17.4. The minimum absolute atomic E-state index is 0.0415. The fraction of sp³-hybridized carbons (Fsp3) is 0.455. The van der Waals surface area contributed by atoms with E-state index in [1.54, 1.807) is 35.4 Å². The van der Waals surface area contributed by atoms with E-state index in [1.807, 2.05) is 30.6 Å². The number of hydrogen-bond acceptors (Lipinski definition) is 5. The Bertz CT molecular complexity index is 879. The Morgan fingerprint density at radius 1 is 1.24 bits per heavy atom. The lowest BCUT2D eigenvalue weighted by molar-refractivity contribution is -0.135. The Balaban J connectivity index is 1.56. The summed E-state index contributed by atoms with van der Waals surface area (Å²) in [5.74, 6) is 1.18. The number of ether oxygens (including phenoxy) is 2. The molecule has 0 saturated carbocycles. The van der Waals surface area contributed by atoms with E-state index in [0.717, 1.165) is 5.56 Å². The van der Waals surface area contributed by atoms with E-state index in [2.05, 4.69) is 13.0 Å². The van der Waals surface area contributed by atoms with Crippen LogP contribution in [0.3, 0.4) is 0 Å². The molecule has 2 aromatic rings. The van der Waals surface area contributed by atoms with Crippen molar-refractivity contribution in [2.75, 3.05) is 34.4 Å². The van der Waals surface area contributed by atoms with Crippen molar-refractivity contribution in [3.05, 3.63) is 45.6 Å². The molecule has 1 aromatic carbocycles. The van der Waals surface area contributed by atoms with Crippen molar-refractivity contribution in [3.8, 4) is 11.5 Å². The molecule has 1 fully saturated rings. The first-order valence-electron chi connectivity index (χ1n) is 9.69. The number of rotatable bonds is 8. The predicted octanol–water partition coefficient (Wildman–Crippen LogP) is 3.12. The highest BCUT2D eigenvalue weighted by Crippen LogP contribution is 2.28. The van der Waals surface area contributed by atoms with Crippen LogP contribution in [0, 0.1) is 12.8 Å². The summed E-state index contributed by atoms with van der Waals surface area (Å²) in [7, 11) is 5.03. The van der Waals surface area contributed by atoms with Crippen LogP contribution in [-0.4, -0.2) is 56.0 Å². The molecule has 156 valence electrons. The number of thiophene rings is 1. The van der Waals surface area contributed by atoms with Crippen LogP contribution < -0.4 is 9.47 Å². The second-order valence-corrected chi connectivity index (χ2v) is 8.40. The van der Waals surface area contributed by atoms with Gasteiger partial charge < -0.3 is 19.3 Å². The van der Waals surface area contributed by atoms with Crippen LogP contribution in [0.15, 0.2) is 29.6 Å². The lowest BCUT2D eigenvalue weighted by Crippen LogP contribution is -2.34. The Hall–Kier alpha value is -2.54. The fourth-order valence-corrected chi connectivity index (χ4v) is 4.58. The predicted molar refractivity (Wildman–Crippen MR) is 113 cm³/mol. The molecular weight excluding hydrogens is 388 g/mol. The third kappa shape index (κ3) is 4.90. The van der Waals surface area contributed by atoms with Gasteiger partial charge in [0, 0.05) is 31.4 Å². The maximum Gasteiger partial charge on any atom is 0.228 e. The van der Waals surface area contributed by atoms with E-state index < -0.39 is 0 Å². The maximum atomic E-state index is 12.8. The minimum atomic E-state index is -0.266. The largest absolute Gasteiger partial charge is 0.493 e. The van der Waals surface area contributed by atoms with E-state index in [0.29, 0.717) is 44.0 Å². The molecule has 1 unspecified atom stereocenters. The average molecular weight is 417 g/mol. The molecular formula is C22H28N2O4S. The van der Waals surface area contributed by atoms with Crippen LogP contribution in [0.2, 0.25) is 0 Å². The van der Waals surface area contributed by atoms with Gasteiger partial charge in [0.15, 0.2) is 11.5 Å². The van der Waals surface area contributed by atoms with Gasteiger partial charge in [-0.15, -0.1) is 11.3 Å². The van der Waals surface area contributed by atoms with Crippen LogP contribution >= 0.6 is 11.3 Å². The monoisotopic (exact) mass is 416 g/mol. The highest BCUT2D eigenvalue weighted by molar-refractivity contribution is 7.10. The third-order valence-electron chi connectivity index (χ3n) is 5.41. The molecule has 0 N–H and O–H groups in total. The Morgan fingerprint density at radius 3 is 2.66 bits per heavy atom. The Kier molecular flexibility index (Phi) is 6.79. The van der Waals surface area contributed by atoms with Crippen molar-refractivity contribution in [1.82, 2.24) is 9.80 Å². The van der Waals surface area contributed by atoms with Crippen LogP contribution in [-0.2, 0) is 22.6 Å². The second-order valence-electron chi connectivity index (χ2n) is 7.40. The highest BCUT2D eigenvalue weighted by atomic mass is 32.1. The smallest absolute Gasteiger partial charge is 0.228 e. The summed E-state index contributed by atoms with van der Waals surface area (Å²) in [6.07, 6.45) is 0.996. The quantitative estimate of drug-likeness (QED) is 0.663. The zero-order chi connectivity index (χ0) is 21.0. The number of benzene rings is 1. The summed E-state index contributed by atoms with van der Waals surface area (Å²) in [4.78, 5) is 30.0. The van der Waals surface area contributed by atoms with Crippen LogP contribution in [0.25, 0.3) is 0 Å². The Morgan fingerprint density at radius 2 is 2.00 bits per heavy atom. The molecule has 3 rings (SSSR count). The molecule has 7 heteroatoms. The lowest BCUT2D eigenvalue weighted by atomic mass is 10.1.